The third-order valence-electron chi connectivity index (χ3n) is 2.57. The summed E-state index contributed by atoms with van der Waals surface area (Å²) in [6.45, 7) is 1.75. The standard InChI is InChI=1S/C12H13FN4O/c1-7(14)9-6-8(13)2-3-11(9)17-5-4-10(16-17)12(15)18/h2-7H,14H2,1H3,(H2,15,18). The van der Waals surface area contributed by atoms with Gasteiger partial charge in [0.15, 0.2) is 0 Å². The molecule has 2 aromatic rings. The Morgan fingerprint density at radius 2 is 2.17 bits per heavy atom. The van der Waals surface area contributed by atoms with Gasteiger partial charge in [-0.2, -0.15) is 5.10 Å². The van der Waals surface area contributed by atoms with Gasteiger partial charge in [0.1, 0.15) is 11.5 Å². The van der Waals surface area contributed by atoms with Gasteiger partial charge in [0, 0.05) is 12.2 Å². The highest BCUT2D eigenvalue weighted by atomic mass is 19.1. The smallest absolute Gasteiger partial charge is 0.269 e. The molecular formula is C12H13FN4O. The van der Waals surface area contributed by atoms with Gasteiger partial charge in [-0.3, -0.25) is 4.79 Å². The zero-order valence-electron chi connectivity index (χ0n) is 9.80. The number of primary amides is 1. The fourth-order valence-corrected chi connectivity index (χ4v) is 1.69. The number of benzene rings is 1. The van der Waals surface area contributed by atoms with Crippen LogP contribution >= 0.6 is 0 Å². The lowest BCUT2D eigenvalue weighted by Gasteiger charge is -2.12. The van der Waals surface area contributed by atoms with E-state index in [0.717, 1.165) is 0 Å². The zero-order chi connectivity index (χ0) is 13.3. The van der Waals surface area contributed by atoms with Gasteiger partial charge in [-0.15, -0.1) is 0 Å². The minimum atomic E-state index is -0.613. The van der Waals surface area contributed by atoms with E-state index in [4.69, 9.17) is 11.5 Å². The molecule has 94 valence electrons. The molecule has 4 N–H and O–H groups in total. The Kier molecular flexibility index (Phi) is 3.12. The monoisotopic (exact) mass is 248 g/mol. The Morgan fingerprint density at radius 1 is 1.44 bits per heavy atom. The lowest BCUT2D eigenvalue weighted by molar-refractivity contribution is 0.0995. The summed E-state index contributed by atoms with van der Waals surface area (Å²) in [4.78, 5) is 11.0. The summed E-state index contributed by atoms with van der Waals surface area (Å²) in [7, 11) is 0. The van der Waals surface area contributed by atoms with Crippen molar-refractivity contribution >= 4 is 5.91 Å². The molecule has 1 unspecified atom stereocenters. The highest BCUT2D eigenvalue weighted by Gasteiger charge is 2.12. The molecule has 0 fully saturated rings. The minimum Gasteiger partial charge on any atom is -0.364 e. The van der Waals surface area contributed by atoms with Crippen LogP contribution in [-0.2, 0) is 0 Å². The van der Waals surface area contributed by atoms with Crippen LogP contribution in [-0.4, -0.2) is 15.7 Å². The first-order valence-electron chi connectivity index (χ1n) is 5.40. The predicted molar refractivity (Wildman–Crippen MR) is 64.6 cm³/mol. The summed E-state index contributed by atoms with van der Waals surface area (Å²) in [5.41, 5.74) is 12.3. The van der Waals surface area contributed by atoms with E-state index in [1.54, 1.807) is 19.2 Å². The predicted octanol–water partition coefficient (Wildman–Crippen LogP) is 1.13. The van der Waals surface area contributed by atoms with Crippen molar-refractivity contribution in [3.05, 3.63) is 47.5 Å². The number of carbonyl (C=O) groups excluding carboxylic acids is 1. The average molecular weight is 248 g/mol. The summed E-state index contributed by atoms with van der Waals surface area (Å²) in [5.74, 6) is -0.980. The third kappa shape index (κ3) is 2.23. The molecule has 1 aromatic carbocycles. The van der Waals surface area contributed by atoms with Gasteiger partial charge in [0.25, 0.3) is 5.91 Å². The molecule has 18 heavy (non-hydrogen) atoms. The second kappa shape index (κ2) is 4.58. The van der Waals surface area contributed by atoms with Crippen molar-refractivity contribution in [1.29, 1.82) is 0 Å². The average Bonchev–Trinajstić information content (AvgIpc) is 2.78. The molecule has 1 heterocycles. The number of carbonyl (C=O) groups is 1. The summed E-state index contributed by atoms with van der Waals surface area (Å²) in [5, 5.41) is 4.02. The van der Waals surface area contributed by atoms with Crippen LogP contribution in [0.2, 0.25) is 0 Å². The molecule has 0 saturated carbocycles. The maximum Gasteiger partial charge on any atom is 0.269 e. The molecule has 2 rings (SSSR count). The van der Waals surface area contributed by atoms with Crippen molar-refractivity contribution in [2.45, 2.75) is 13.0 Å². The maximum atomic E-state index is 13.2. The van der Waals surface area contributed by atoms with Crippen molar-refractivity contribution in [3.63, 3.8) is 0 Å². The Labute approximate surface area is 103 Å². The van der Waals surface area contributed by atoms with E-state index in [0.29, 0.717) is 11.3 Å². The van der Waals surface area contributed by atoms with E-state index in [1.807, 2.05) is 0 Å². The van der Waals surface area contributed by atoms with Crippen molar-refractivity contribution in [3.8, 4) is 5.69 Å². The molecule has 0 saturated heterocycles. The number of halogens is 1. The lowest BCUT2D eigenvalue weighted by Crippen LogP contribution is -2.14. The van der Waals surface area contributed by atoms with E-state index in [-0.39, 0.29) is 17.6 Å². The summed E-state index contributed by atoms with van der Waals surface area (Å²) in [6, 6.07) is 5.37. The van der Waals surface area contributed by atoms with Gasteiger partial charge in [-0.1, -0.05) is 0 Å². The first kappa shape index (κ1) is 12.3. The number of rotatable bonds is 3. The van der Waals surface area contributed by atoms with Crippen LogP contribution in [0.3, 0.4) is 0 Å². The Bertz CT molecular complexity index is 592. The quantitative estimate of drug-likeness (QED) is 0.853. The molecule has 1 aromatic heterocycles. The molecule has 0 aliphatic rings. The Hall–Kier alpha value is -2.21. The number of nitrogens with zero attached hydrogens (tertiary/aromatic N) is 2. The molecular weight excluding hydrogens is 235 g/mol. The molecule has 0 spiro atoms. The van der Waals surface area contributed by atoms with Crippen molar-refractivity contribution < 1.29 is 9.18 Å². The number of nitrogens with two attached hydrogens (primary N) is 2. The number of hydrogen-bond donors (Lipinski definition) is 2. The van der Waals surface area contributed by atoms with E-state index in [2.05, 4.69) is 5.10 Å². The largest absolute Gasteiger partial charge is 0.364 e. The van der Waals surface area contributed by atoms with Gasteiger partial charge in [-0.25, -0.2) is 9.07 Å². The highest BCUT2D eigenvalue weighted by molar-refractivity contribution is 5.90. The number of aromatic nitrogens is 2. The van der Waals surface area contributed by atoms with Crippen LogP contribution < -0.4 is 11.5 Å². The van der Waals surface area contributed by atoms with Gasteiger partial charge >= 0.3 is 0 Å². The molecule has 5 nitrogen and oxygen atoms in total. The third-order valence-corrected chi connectivity index (χ3v) is 2.57. The topological polar surface area (TPSA) is 86.9 Å². The molecule has 1 amide bonds. The Balaban J connectivity index is 2.52. The molecule has 0 radical (unpaired) electrons. The second-order valence-electron chi connectivity index (χ2n) is 4.00. The first-order chi connectivity index (χ1) is 8.49. The van der Waals surface area contributed by atoms with Crippen LogP contribution in [0.5, 0.6) is 0 Å². The first-order valence-corrected chi connectivity index (χ1v) is 5.40. The normalized spacial score (nSPS) is 12.4. The summed E-state index contributed by atoms with van der Waals surface area (Å²) in [6.07, 6.45) is 1.58. The maximum absolute atomic E-state index is 13.2. The minimum absolute atomic E-state index is 0.148. The molecule has 0 aliphatic heterocycles. The SMILES string of the molecule is CC(N)c1cc(F)ccc1-n1ccc(C(N)=O)n1. The van der Waals surface area contributed by atoms with E-state index in [1.165, 1.54) is 22.9 Å². The van der Waals surface area contributed by atoms with Crippen LogP contribution in [0.1, 0.15) is 29.0 Å². The van der Waals surface area contributed by atoms with Gasteiger partial charge in [-0.05, 0) is 36.8 Å². The molecule has 0 aliphatic carbocycles. The van der Waals surface area contributed by atoms with Crippen LogP contribution in [0.15, 0.2) is 30.5 Å². The fraction of sp³-hybridized carbons (Fsp3) is 0.167. The van der Waals surface area contributed by atoms with E-state index < -0.39 is 5.91 Å². The van der Waals surface area contributed by atoms with Crippen LogP contribution in [0, 0.1) is 5.82 Å². The van der Waals surface area contributed by atoms with Gasteiger partial charge in [0.05, 0.1) is 5.69 Å². The number of amides is 1. The van der Waals surface area contributed by atoms with Crippen LogP contribution in [0.4, 0.5) is 4.39 Å². The van der Waals surface area contributed by atoms with Crippen molar-refractivity contribution in [2.75, 3.05) is 0 Å². The highest BCUT2D eigenvalue weighted by Crippen LogP contribution is 2.21. The van der Waals surface area contributed by atoms with Gasteiger partial charge in [0.2, 0.25) is 0 Å². The fourth-order valence-electron chi connectivity index (χ4n) is 1.69. The molecule has 0 bridgehead atoms. The molecule has 6 heteroatoms. The van der Waals surface area contributed by atoms with E-state index in [9.17, 15) is 9.18 Å². The number of hydrogen-bond acceptors (Lipinski definition) is 3. The van der Waals surface area contributed by atoms with Gasteiger partial charge < -0.3 is 11.5 Å². The van der Waals surface area contributed by atoms with Crippen molar-refractivity contribution in [2.24, 2.45) is 11.5 Å². The van der Waals surface area contributed by atoms with E-state index >= 15 is 0 Å². The molecule has 1 atom stereocenters. The Morgan fingerprint density at radius 3 is 2.72 bits per heavy atom. The van der Waals surface area contributed by atoms with Crippen molar-refractivity contribution in [1.82, 2.24) is 9.78 Å². The second-order valence-corrected chi connectivity index (χ2v) is 4.00. The summed E-state index contributed by atoms with van der Waals surface area (Å²) < 4.78 is 14.7. The lowest BCUT2D eigenvalue weighted by atomic mass is 10.1. The van der Waals surface area contributed by atoms with Crippen LogP contribution in [0.25, 0.3) is 5.69 Å². The zero-order valence-corrected chi connectivity index (χ0v) is 9.80. The summed E-state index contributed by atoms with van der Waals surface area (Å²) >= 11 is 0.